The molecule has 0 radical (unpaired) electrons. The summed E-state index contributed by atoms with van der Waals surface area (Å²) < 4.78 is 0. The van der Waals surface area contributed by atoms with E-state index in [1.54, 1.807) is 0 Å². The van der Waals surface area contributed by atoms with E-state index >= 15 is 0 Å². The number of carboxylic acids is 1. The third kappa shape index (κ3) is 2.47. The molecule has 0 aliphatic carbocycles. The highest BCUT2D eigenvalue weighted by Crippen LogP contribution is 2.34. The molecule has 0 amide bonds. The van der Waals surface area contributed by atoms with Crippen LogP contribution in [0.3, 0.4) is 0 Å². The first-order valence-electron chi connectivity index (χ1n) is 7.61. The van der Waals surface area contributed by atoms with Crippen LogP contribution >= 0.6 is 0 Å². The lowest BCUT2D eigenvalue weighted by atomic mass is 9.99. The Hall–Kier alpha value is -2.29. The minimum atomic E-state index is -0.751. The van der Waals surface area contributed by atoms with Crippen LogP contribution in [0.2, 0.25) is 0 Å². The van der Waals surface area contributed by atoms with E-state index < -0.39 is 12.0 Å². The van der Waals surface area contributed by atoms with E-state index in [1.165, 1.54) is 22.3 Å². The van der Waals surface area contributed by atoms with Crippen LogP contribution in [0.5, 0.6) is 0 Å². The number of para-hydroxylation sites is 1. The molecule has 1 heterocycles. The van der Waals surface area contributed by atoms with Crippen LogP contribution in [0.25, 0.3) is 0 Å². The van der Waals surface area contributed by atoms with Crippen molar-refractivity contribution in [3.8, 4) is 0 Å². The van der Waals surface area contributed by atoms with Gasteiger partial charge in [-0.05, 0) is 49.1 Å². The van der Waals surface area contributed by atoms with Crippen LogP contribution in [0.15, 0.2) is 36.4 Å². The summed E-state index contributed by atoms with van der Waals surface area (Å²) in [4.78, 5) is 13.7. The Bertz CT molecular complexity index is 713. The molecule has 114 valence electrons. The van der Waals surface area contributed by atoms with Crippen molar-refractivity contribution in [2.45, 2.75) is 39.8 Å². The van der Waals surface area contributed by atoms with Gasteiger partial charge in [-0.25, -0.2) is 4.79 Å². The Kier molecular flexibility index (Phi) is 3.65. The lowest BCUT2D eigenvalue weighted by Gasteiger charge is -2.26. The molecule has 3 nitrogen and oxygen atoms in total. The number of aliphatic carboxylic acids is 1. The maximum absolute atomic E-state index is 11.7. The molecule has 2 aromatic carbocycles. The third-order valence-electron chi connectivity index (χ3n) is 4.54. The zero-order valence-corrected chi connectivity index (χ0v) is 13.3. The molecule has 1 aliphatic rings. The second-order valence-corrected chi connectivity index (χ2v) is 6.19. The molecule has 0 fully saturated rings. The number of aryl methyl sites for hydroxylation is 3. The van der Waals surface area contributed by atoms with Crippen LogP contribution in [0.4, 0.5) is 5.69 Å². The van der Waals surface area contributed by atoms with E-state index in [9.17, 15) is 9.90 Å². The van der Waals surface area contributed by atoms with Crippen molar-refractivity contribution in [2.75, 3.05) is 4.90 Å². The molecule has 1 atom stereocenters. The van der Waals surface area contributed by atoms with Crippen molar-refractivity contribution >= 4 is 11.7 Å². The number of carboxylic acid groups (broad SMARTS) is 1. The number of benzene rings is 2. The van der Waals surface area contributed by atoms with Crippen molar-refractivity contribution in [3.63, 3.8) is 0 Å². The van der Waals surface area contributed by atoms with Crippen LogP contribution in [0, 0.1) is 20.8 Å². The molecule has 22 heavy (non-hydrogen) atoms. The Morgan fingerprint density at radius 3 is 2.45 bits per heavy atom. The minimum Gasteiger partial charge on any atom is -0.480 e. The molecule has 0 saturated heterocycles. The first-order chi connectivity index (χ1) is 10.5. The Morgan fingerprint density at radius 2 is 1.82 bits per heavy atom. The third-order valence-corrected chi connectivity index (χ3v) is 4.54. The van der Waals surface area contributed by atoms with Gasteiger partial charge in [0, 0.05) is 18.7 Å². The van der Waals surface area contributed by atoms with E-state index in [0.29, 0.717) is 13.0 Å². The topological polar surface area (TPSA) is 40.5 Å². The fourth-order valence-corrected chi connectivity index (χ4v) is 3.50. The fraction of sp³-hybridized carbons (Fsp3) is 0.316. The SMILES string of the molecule is Cc1cc(C)c(CN2c3ccccc3CC2C(=O)O)c(C)c1. The lowest BCUT2D eigenvalue weighted by molar-refractivity contribution is -0.138. The summed E-state index contributed by atoms with van der Waals surface area (Å²) in [5, 5.41) is 9.57. The summed E-state index contributed by atoms with van der Waals surface area (Å²) in [6.45, 7) is 6.95. The number of nitrogens with zero attached hydrogens (tertiary/aromatic N) is 1. The van der Waals surface area contributed by atoms with Gasteiger partial charge >= 0.3 is 5.97 Å². The Morgan fingerprint density at radius 1 is 1.18 bits per heavy atom. The average molecular weight is 295 g/mol. The van der Waals surface area contributed by atoms with Gasteiger partial charge in [0.1, 0.15) is 6.04 Å². The predicted molar refractivity (Wildman–Crippen MR) is 88.4 cm³/mol. The maximum atomic E-state index is 11.7. The minimum absolute atomic E-state index is 0.475. The van der Waals surface area contributed by atoms with E-state index in [-0.39, 0.29) is 0 Å². The normalized spacial score (nSPS) is 16.7. The van der Waals surface area contributed by atoms with Gasteiger partial charge in [0.05, 0.1) is 0 Å². The molecule has 3 rings (SSSR count). The van der Waals surface area contributed by atoms with Gasteiger partial charge in [-0.2, -0.15) is 0 Å². The smallest absolute Gasteiger partial charge is 0.326 e. The van der Waals surface area contributed by atoms with Gasteiger partial charge < -0.3 is 10.0 Å². The van der Waals surface area contributed by atoms with Crippen molar-refractivity contribution in [1.82, 2.24) is 0 Å². The Balaban J connectivity index is 2.01. The predicted octanol–water partition coefficient (Wildman–Crippen LogP) is 3.63. The van der Waals surface area contributed by atoms with Gasteiger partial charge in [0.2, 0.25) is 0 Å². The number of carbonyl (C=O) groups is 1. The number of rotatable bonds is 3. The molecule has 0 spiro atoms. The second-order valence-electron chi connectivity index (χ2n) is 6.19. The molecule has 0 aromatic heterocycles. The van der Waals surface area contributed by atoms with Crippen molar-refractivity contribution in [2.24, 2.45) is 0 Å². The first kappa shape index (κ1) is 14.6. The second kappa shape index (κ2) is 5.48. The molecule has 0 bridgehead atoms. The summed E-state index contributed by atoms with van der Waals surface area (Å²) in [6, 6.07) is 11.9. The summed E-state index contributed by atoms with van der Waals surface area (Å²) >= 11 is 0. The molecule has 2 aromatic rings. The summed E-state index contributed by atoms with van der Waals surface area (Å²) in [5.74, 6) is -0.751. The van der Waals surface area contributed by atoms with Crippen molar-refractivity contribution in [1.29, 1.82) is 0 Å². The van der Waals surface area contributed by atoms with Gasteiger partial charge in [0.15, 0.2) is 0 Å². The summed E-state index contributed by atoms with van der Waals surface area (Å²) in [5.41, 5.74) is 7.10. The largest absolute Gasteiger partial charge is 0.480 e. The van der Waals surface area contributed by atoms with Gasteiger partial charge in [-0.1, -0.05) is 35.9 Å². The zero-order valence-electron chi connectivity index (χ0n) is 13.3. The highest BCUT2D eigenvalue weighted by molar-refractivity contribution is 5.82. The standard InChI is InChI=1S/C19H21NO2/c1-12-8-13(2)16(14(3)9-12)11-20-17-7-5-4-6-15(17)10-18(20)19(21)22/h4-9,18H,10-11H2,1-3H3,(H,21,22). The summed E-state index contributed by atoms with van der Waals surface area (Å²) in [6.07, 6.45) is 0.579. The van der Waals surface area contributed by atoms with Gasteiger partial charge in [-0.15, -0.1) is 0 Å². The van der Waals surface area contributed by atoms with E-state index in [0.717, 1.165) is 11.3 Å². The quantitative estimate of drug-likeness (QED) is 0.940. The van der Waals surface area contributed by atoms with Crippen LogP contribution in [-0.2, 0) is 17.8 Å². The van der Waals surface area contributed by atoms with Crippen molar-refractivity contribution in [3.05, 3.63) is 64.2 Å². The number of hydrogen-bond donors (Lipinski definition) is 1. The maximum Gasteiger partial charge on any atom is 0.326 e. The van der Waals surface area contributed by atoms with Crippen LogP contribution in [0.1, 0.15) is 27.8 Å². The fourth-order valence-electron chi connectivity index (χ4n) is 3.50. The van der Waals surface area contributed by atoms with E-state index in [1.807, 2.05) is 29.2 Å². The molecule has 1 N–H and O–H groups in total. The van der Waals surface area contributed by atoms with E-state index in [4.69, 9.17) is 0 Å². The number of anilines is 1. The van der Waals surface area contributed by atoms with Crippen LogP contribution in [-0.4, -0.2) is 17.1 Å². The number of hydrogen-bond acceptors (Lipinski definition) is 2. The average Bonchev–Trinajstić information content (AvgIpc) is 2.81. The highest BCUT2D eigenvalue weighted by Gasteiger charge is 2.34. The first-order valence-corrected chi connectivity index (χ1v) is 7.61. The lowest BCUT2D eigenvalue weighted by Crippen LogP contribution is -2.38. The Labute approximate surface area is 131 Å². The van der Waals surface area contributed by atoms with Crippen LogP contribution < -0.4 is 4.90 Å². The number of fused-ring (bicyclic) bond motifs is 1. The monoisotopic (exact) mass is 295 g/mol. The molecular formula is C19H21NO2. The molecular weight excluding hydrogens is 274 g/mol. The zero-order chi connectivity index (χ0) is 15.9. The van der Waals surface area contributed by atoms with E-state index in [2.05, 4.69) is 32.9 Å². The van der Waals surface area contributed by atoms with Crippen molar-refractivity contribution < 1.29 is 9.90 Å². The van der Waals surface area contributed by atoms with Gasteiger partial charge in [-0.3, -0.25) is 0 Å². The summed E-state index contributed by atoms with van der Waals surface area (Å²) in [7, 11) is 0. The molecule has 1 unspecified atom stereocenters. The highest BCUT2D eigenvalue weighted by atomic mass is 16.4. The molecule has 0 saturated carbocycles. The molecule has 3 heteroatoms. The van der Waals surface area contributed by atoms with Gasteiger partial charge in [0.25, 0.3) is 0 Å². The molecule has 1 aliphatic heterocycles.